The number of ether oxygens (including phenoxy) is 2. The van der Waals surface area contributed by atoms with E-state index in [0.717, 1.165) is 72.9 Å². The Balaban J connectivity index is 1.01. The van der Waals surface area contributed by atoms with E-state index >= 15 is 0 Å². The van der Waals surface area contributed by atoms with Gasteiger partial charge in [-0.15, -0.1) is 0 Å². The molecule has 0 aliphatic carbocycles. The Kier molecular flexibility index (Phi) is 7.20. The molecule has 0 unspecified atom stereocenters. The maximum absolute atomic E-state index is 13.1. The second kappa shape index (κ2) is 11.3. The van der Waals surface area contributed by atoms with Crippen LogP contribution in [-0.4, -0.2) is 89.3 Å². The fourth-order valence-corrected chi connectivity index (χ4v) is 6.12. The summed E-state index contributed by atoms with van der Waals surface area (Å²) < 4.78 is 39.9. The summed E-state index contributed by atoms with van der Waals surface area (Å²) in [7, 11) is 0. The highest BCUT2D eigenvalue weighted by Crippen LogP contribution is 2.35. The minimum Gasteiger partial charge on any atom is -0.485 e. The first-order valence-electron chi connectivity index (χ1n) is 14.4. The zero-order valence-corrected chi connectivity index (χ0v) is 23.2. The molecule has 2 fully saturated rings. The summed E-state index contributed by atoms with van der Waals surface area (Å²) in [6, 6.07) is 15.0. The average Bonchev–Trinajstić information content (AvgIpc) is 3.48. The van der Waals surface area contributed by atoms with Crippen LogP contribution < -0.4 is 9.64 Å². The third-order valence-electron chi connectivity index (χ3n) is 8.42. The largest absolute Gasteiger partial charge is 0.485 e. The predicted molar refractivity (Wildman–Crippen MR) is 154 cm³/mol. The molecule has 42 heavy (non-hydrogen) atoms. The molecule has 0 spiro atoms. The van der Waals surface area contributed by atoms with Crippen molar-refractivity contribution in [2.75, 3.05) is 63.9 Å². The highest BCUT2D eigenvalue weighted by molar-refractivity contribution is 5.94. The monoisotopic (exact) mass is 574 g/mol. The number of pyridine rings is 1. The molecule has 0 atom stereocenters. The molecule has 218 valence electrons. The molecule has 5 heterocycles. The van der Waals surface area contributed by atoms with Gasteiger partial charge in [0, 0.05) is 56.9 Å². The number of para-hydroxylation sites is 1. The Morgan fingerprint density at radius 1 is 0.929 bits per heavy atom. The Hall–Kier alpha value is -4.09. The number of fused-ring (bicyclic) bond motifs is 4. The second-order valence-corrected chi connectivity index (χ2v) is 10.8. The van der Waals surface area contributed by atoms with Crippen LogP contribution in [0.3, 0.4) is 0 Å². The van der Waals surface area contributed by atoms with Crippen LogP contribution in [-0.2, 0) is 17.8 Å². The lowest BCUT2D eigenvalue weighted by molar-refractivity contribution is 0.0297. The lowest BCUT2D eigenvalue weighted by Crippen LogP contribution is -2.47. The van der Waals surface area contributed by atoms with Crippen LogP contribution in [0.1, 0.15) is 33.9 Å². The van der Waals surface area contributed by atoms with Crippen LogP contribution in [0.25, 0.3) is 16.6 Å². The molecule has 2 saturated heterocycles. The molecule has 0 bridgehead atoms. The van der Waals surface area contributed by atoms with Gasteiger partial charge < -0.3 is 19.3 Å². The first kappa shape index (κ1) is 26.8. The SMILES string of the molecule is O=C(c1ncn2c1COc1c(CCN3CCN(c4cccc5nc(C(F)F)ccc45)CC3)cccc1-2)N1CCOCC1. The summed E-state index contributed by atoms with van der Waals surface area (Å²) in [4.78, 5) is 28.3. The minimum absolute atomic E-state index is 0.0768. The van der Waals surface area contributed by atoms with Crippen molar-refractivity contribution < 1.29 is 23.0 Å². The van der Waals surface area contributed by atoms with E-state index in [9.17, 15) is 13.6 Å². The van der Waals surface area contributed by atoms with Gasteiger partial charge in [-0.2, -0.15) is 0 Å². The van der Waals surface area contributed by atoms with E-state index in [2.05, 4.69) is 25.8 Å². The Morgan fingerprint density at radius 2 is 1.71 bits per heavy atom. The number of halogens is 2. The van der Waals surface area contributed by atoms with Gasteiger partial charge in [0.15, 0.2) is 5.69 Å². The van der Waals surface area contributed by atoms with E-state index in [1.54, 1.807) is 23.4 Å². The number of hydrogen-bond acceptors (Lipinski definition) is 7. The number of alkyl halides is 2. The van der Waals surface area contributed by atoms with Crippen molar-refractivity contribution in [1.82, 2.24) is 24.3 Å². The summed E-state index contributed by atoms with van der Waals surface area (Å²) >= 11 is 0. The molecule has 4 aromatic rings. The summed E-state index contributed by atoms with van der Waals surface area (Å²) in [5.74, 6) is 0.768. The highest BCUT2D eigenvalue weighted by atomic mass is 19.3. The van der Waals surface area contributed by atoms with Gasteiger partial charge in [-0.05, 0) is 42.3 Å². The first-order valence-corrected chi connectivity index (χ1v) is 14.4. The summed E-state index contributed by atoms with van der Waals surface area (Å²) in [6.45, 7) is 6.91. The van der Waals surface area contributed by atoms with Gasteiger partial charge in [-0.1, -0.05) is 18.2 Å². The number of morpholine rings is 1. The number of piperazine rings is 1. The van der Waals surface area contributed by atoms with E-state index in [1.807, 2.05) is 28.8 Å². The van der Waals surface area contributed by atoms with Crippen LogP contribution in [0.5, 0.6) is 5.75 Å². The van der Waals surface area contributed by atoms with Crippen molar-refractivity contribution in [3.63, 3.8) is 0 Å². The fourth-order valence-electron chi connectivity index (χ4n) is 6.12. The zero-order chi connectivity index (χ0) is 28.6. The van der Waals surface area contributed by atoms with Crippen molar-refractivity contribution in [3.05, 3.63) is 77.5 Å². The van der Waals surface area contributed by atoms with Crippen LogP contribution in [0, 0.1) is 0 Å². The van der Waals surface area contributed by atoms with Gasteiger partial charge in [-0.3, -0.25) is 14.3 Å². The van der Waals surface area contributed by atoms with Gasteiger partial charge in [0.2, 0.25) is 0 Å². The number of hydrogen-bond donors (Lipinski definition) is 0. The molecular weight excluding hydrogens is 542 g/mol. The number of carbonyl (C=O) groups excluding carboxylic acids is 1. The average molecular weight is 575 g/mol. The number of benzene rings is 2. The van der Waals surface area contributed by atoms with Crippen LogP contribution in [0.15, 0.2) is 54.9 Å². The van der Waals surface area contributed by atoms with E-state index in [1.165, 1.54) is 6.07 Å². The highest BCUT2D eigenvalue weighted by Gasteiger charge is 2.29. The van der Waals surface area contributed by atoms with Gasteiger partial charge in [0.1, 0.15) is 24.4 Å². The third-order valence-corrected chi connectivity index (χ3v) is 8.42. The molecule has 11 heteroatoms. The molecule has 2 aromatic carbocycles. The van der Waals surface area contributed by atoms with Gasteiger partial charge in [0.25, 0.3) is 12.3 Å². The lowest BCUT2D eigenvalue weighted by Gasteiger charge is -2.36. The number of rotatable bonds is 6. The first-order chi connectivity index (χ1) is 20.6. The fraction of sp³-hybridized carbons (Fsp3) is 0.387. The number of imidazole rings is 1. The molecule has 3 aliphatic heterocycles. The Morgan fingerprint density at radius 3 is 2.52 bits per heavy atom. The van der Waals surface area contributed by atoms with E-state index in [-0.39, 0.29) is 11.6 Å². The zero-order valence-electron chi connectivity index (χ0n) is 23.2. The summed E-state index contributed by atoms with van der Waals surface area (Å²) in [5, 5.41) is 0.900. The topological polar surface area (TPSA) is 76.0 Å². The van der Waals surface area contributed by atoms with Gasteiger partial charge in [0.05, 0.1) is 30.1 Å². The number of amides is 1. The molecule has 0 radical (unpaired) electrons. The van der Waals surface area contributed by atoms with Crippen LogP contribution >= 0.6 is 0 Å². The lowest BCUT2D eigenvalue weighted by atomic mass is 10.1. The molecule has 9 nitrogen and oxygen atoms in total. The maximum Gasteiger partial charge on any atom is 0.280 e. The van der Waals surface area contributed by atoms with Gasteiger partial charge in [-0.25, -0.2) is 18.7 Å². The molecule has 0 saturated carbocycles. The standard InChI is InChI=1S/C31H32F2N6O3/c32-30(33)24-8-7-22-23(35-24)4-2-5-25(22)37-13-11-36(12-14-37)10-9-21-3-1-6-26-29(21)42-19-27-28(34-20-39(26)27)31(40)38-15-17-41-18-16-38/h1-8,20,30H,9-19H2. The summed E-state index contributed by atoms with van der Waals surface area (Å²) in [5.41, 5.74) is 4.71. The molecule has 2 aromatic heterocycles. The molecule has 0 N–H and O–H groups in total. The molecule has 3 aliphatic rings. The Bertz CT molecular complexity index is 1610. The number of anilines is 1. The summed E-state index contributed by atoms with van der Waals surface area (Å²) in [6.07, 6.45) is -0.0162. The minimum atomic E-state index is -2.58. The van der Waals surface area contributed by atoms with E-state index < -0.39 is 6.43 Å². The van der Waals surface area contributed by atoms with Gasteiger partial charge >= 0.3 is 0 Å². The van der Waals surface area contributed by atoms with Crippen LogP contribution in [0.4, 0.5) is 14.5 Å². The van der Waals surface area contributed by atoms with Crippen LogP contribution in [0.2, 0.25) is 0 Å². The van der Waals surface area contributed by atoms with E-state index in [0.29, 0.717) is 44.1 Å². The maximum atomic E-state index is 13.1. The van der Waals surface area contributed by atoms with E-state index in [4.69, 9.17) is 9.47 Å². The number of nitrogens with zero attached hydrogens (tertiary/aromatic N) is 6. The normalized spacial score (nSPS) is 17.3. The molecule has 7 rings (SSSR count). The number of carbonyl (C=O) groups is 1. The predicted octanol–water partition coefficient (Wildman–Crippen LogP) is 4.09. The van der Waals surface area contributed by atoms with Crippen molar-refractivity contribution in [2.45, 2.75) is 19.5 Å². The van der Waals surface area contributed by atoms with Crippen molar-refractivity contribution in [2.24, 2.45) is 0 Å². The molecular formula is C31H32F2N6O3. The quantitative estimate of drug-likeness (QED) is 0.344. The van der Waals surface area contributed by atoms with Crippen molar-refractivity contribution >= 4 is 22.5 Å². The van der Waals surface area contributed by atoms with Crippen molar-refractivity contribution in [1.29, 1.82) is 0 Å². The second-order valence-electron chi connectivity index (χ2n) is 10.8. The smallest absolute Gasteiger partial charge is 0.280 e. The third kappa shape index (κ3) is 4.96. The molecule has 1 amide bonds. The Labute approximate surface area is 242 Å². The van der Waals surface area contributed by atoms with Crippen molar-refractivity contribution in [3.8, 4) is 11.4 Å². The number of aromatic nitrogens is 3.